The van der Waals surface area contributed by atoms with Crippen LogP contribution in [0.4, 0.5) is 5.69 Å². The van der Waals surface area contributed by atoms with Gasteiger partial charge in [-0.15, -0.1) is 0 Å². The number of carbonyl (C=O) groups is 1. The van der Waals surface area contributed by atoms with E-state index in [1.165, 1.54) is 6.92 Å². The van der Waals surface area contributed by atoms with E-state index in [1.807, 2.05) is 0 Å². The zero-order valence-corrected chi connectivity index (χ0v) is 8.61. The van der Waals surface area contributed by atoms with Crippen LogP contribution in [0.2, 0.25) is 5.15 Å². The lowest BCUT2D eigenvalue weighted by Crippen LogP contribution is -2.03. The Bertz CT molecular complexity index is 340. The number of hydrogen-bond acceptors (Lipinski definition) is 3. The molecule has 0 saturated carbocycles. The minimum absolute atomic E-state index is 0.198. The van der Waals surface area contributed by atoms with Crippen molar-refractivity contribution in [2.45, 2.75) is 6.92 Å². The van der Waals surface area contributed by atoms with Gasteiger partial charge in [0.2, 0.25) is 0 Å². The van der Waals surface area contributed by atoms with Gasteiger partial charge in [-0.25, -0.2) is 4.98 Å². The van der Waals surface area contributed by atoms with Gasteiger partial charge in [-0.3, -0.25) is 4.79 Å². The summed E-state index contributed by atoms with van der Waals surface area (Å²) in [7, 11) is 0. The highest BCUT2D eigenvalue weighted by Gasteiger charge is 2.10. The molecule has 5 heteroatoms. The van der Waals surface area contributed by atoms with Gasteiger partial charge in [0.25, 0.3) is 0 Å². The Morgan fingerprint density at radius 2 is 2.33 bits per heavy atom. The normalized spacial score (nSPS) is 9.92. The third-order valence-electron chi connectivity index (χ3n) is 1.31. The number of hydrogen-bond donors (Lipinski definition) is 1. The van der Waals surface area contributed by atoms with E-state index in [2.05, 4.69) is 20.9 Å². The summed E-state index contributed by atoms with van der Waals surface area (Å²) in [5, 5.41) is 0.251. The molecule has 0 aliphatic rings. The monoisotopic (exact) mass is 248 g/mol. The fourth-order valence-electron chi connectivity index (χ4n) is 0.763. The minimum atomic E-state index is -0.198. The van der Waals surface area contributed by atoms with Crippen molar-refractivity contribution in [1.82, 2.24) is 4.98 Å². The summed E-state index contributed by atoms with van der Waals surface area (Å²) in [6, 6.07) is 1.54. The summed E-state index contributed by atoms with van der Waals surface area (Å²) in [5.74, 6) is -0.198. The number of anilines is 1. The van der Waals surface area contributed by atoms with E-state index in [0.717, 1.165) is 0 Å². The molecule has 1 heterocycles. The number of rotatable bonds is 1. The molecule has 0 radical (unpaired) electrons. The third kappa shape index (κ3) is 1.76. The number of nitrogen functional groups attached to an aromatic ring is 1. The van der Waals surface area contributed by atoms with E-state index < -0.39 is 0 Å². The van der Waals surface area contributed by atoms with E-state index in [1.54, 1.807) is 6.07 Å². The van der Waals surface area contributed by atoms with Gasteiger partial charge in [-0.1, -0.05) is 11.6 Å². The molecule has 64 valence electrons. The molecule has 0 aromatic carbocycles. The summed E-state index contributed by atoms with van der Waals surface area (Å²) in [5.41, 5.74) is 6.09. The molecule has 0 aliphatic carbocycles. The van der Waals surface area contributed by atoms with Crippen molar-refractivity contribution in [1.29, 1.82) is 0 Å². The van der Waals surface area contributed by atoms with Gasteiger partial charge < -0.3 is 5.73 Å². The van der Waals surface area contributed by atoms with Crippen molar-refractivity contribution >= 4 is 39.0 Å². The van der Waals surface area contributed by atoms with Crippen LogP contribution in [0.3, 0.4) is 0 Å². The highest BCUT2D eigenvalue weighted by atomic mass is 79.9. The van der Waals surface area contributed by atoms with Crippen molar-refractivity contribution in [2.75, 3.05) is 5.73 Å². The van der Waals surface area contributed by atoms with Crippen LogP contribution in [0.25, 0.3) is 0 Å². The first-order chi connectivity index (χ1) is 5.52. The summed E-state index contributed by atoms with van der Waals surface area (Å²) in [6.45, 7) is 1.39. The van der Waals surface area contributed by atoms with Crippen molar-refractivity contribution < 1.29 is 4.79 Å². The molecule has 1 aromatic heterocycles. The molecular weight excluding hydrogens is 243 g/mol. The SMILES string of the molecule is CC(=O)c1nc(Cl)cc(Br)c1N. The molecule has 0 unspecified atom stereocenters. The predicted molar refractivity (Wildman–Crippen MR) is 51.4 cm³/mol. The van der Waals surface area contributed by atoms with Crippen LogP contribution >= 0.6 is 27.5 Å². The first-order valence-electron chi connectivity index (χ1n) is 3.15. The summed E-state index contributed by atoms with van der Waals surface area (Å²) in [6.07, 6.45) is 0. The van der Waals surface area contributed by atoms with Crippen LogP contribution < -0.4 is 5.73 Å². The second kappa shape index (κ2) is 3.41. The van der Waals surface area contributed by atoms with Gasteiger partial charge in [0.15, 0.2) is 5.78 Å². The average Bonchev–Trinajstić information content (AvgIpc) is 1.96. The third-order valence-corrected chi connectivity index (χ3v) is 2.16. The molecule has 1 aromatic rings. The highest BCUT2D eigenvalue weighted by Crippen LogP contribution is 2.25. The second-order valence-corrected chi connectivity index (χ2v) is 3.49. The number of nitrogens with two attached hydrogens (primary N) is 1. The van der Waals surface area contributed by atoms with Crippen LogP contribution in [0.5, 0.6) is 0 Å². The molecule has 0 atom stereocenters. The van der Waals surface area contributed by atoms with Crippen LogP contribution in [0.15, 0.2) is 10.5 Å². The molecular formula is C7H6BrClN2O. The van der Waals surface area contributed by atoms with E-state index >= 15 is 0 Å². The molecule has 0 spiro atoms. The molecule has 0 fully saturated rings. The Morgan fingerprint density at radius 1 is 1.75 bits per heavy atom. The molecule has 0 saturated heterocycles. The number of ketones is 1. The molecule has 1 rings (SSSR count). The van der Waals surface area contributed by atoms with Crippen molar-refractivity contribution in [2.24, 2.45) is 0 Å². The van der Waals surface area contributed by atoms with E-state index in [-0.39, 0.29) is 16.6 Å². The highest BCUT2D eigenvalue weighted by molar-refractivity contribution is 9.10. The minimum Gasteiger partial charge on any atom is -0.396 e. The Balaban J connectivity index is 3.37. The standard InChI is InChI=1S/C7H6BrClN2O/c1-3(12)7-6(10)4(8)2-5(9)11-7/h2H,10H2,1H3. The molecule has 3 nitrogen and oxygen atoms in total. The summed E-state index contributed by atoms with van der Waals surface area (Å²) < 4.78 is 0.590. The first kappa shape index (κ1) is 9.48. The first-order valence-corrected chi connectivity index (χ1v) is 4.32. The van der Waals surface area contributed by atoms with E-state index in [9.17, 15) is 4.79 Å². The summed E-state index contributed by atoms with van der Waals surface area (Å²) >= 11 is 8.78. The van der Waals surface area contributed by atoms with Gasteiger partial charge in [-0.2, -0.15) is 0 Å². The topological polar surface area (TPSA) is 56.0 Å². The number of Topliss-reactive ketones (excluding diaryl/α,β-unsaturated/α-hetero) is 1. The van der Waals surface area contributed by atoms with Crippen LogP contribution in [0.1, 0.15) is 17.4 Å². The molecule has 0 aliphatic heterocycles. The lowest BCUT2D eigenvalue weighted by molar-refractivity contribution is 0.101. The van der Waals surface area contributed by atoms with Gasteiger partial charge in [-0.05, 0) is 22.0 Å². The number of carbonyl (C=O) groups excluding carboxylic acids is 1. The zero-order chi connectivity index (χ0) is 9.30. The maximum absolute atomic E-state index is 10.9. The predicted octanol–water partition coefficient (Wildman–Crippen LogP) is 2.28. The van der Waals surface area contributed by atoms with Crippen molar-refractivity contribution in [3.05, 3.63) is 21.4 Å². The number of aromatic nitrogens is 1. The quantitative estimate of drug-likeness (QED) is 0.614. The Kier molecular flexibility index (Phi) is 2.69. The fraction of sp³-hybridized carbons (Fsp3) is 0.143. The maximum Gasteiger partial charge on any atom is 0.180 e. The van der Waals surface area contributed by atoms with Gasteiger partial charge in [0, 0.05) is 11.4 Å². The molecule has 2 N–H and O–H groups in total. The van der Waals surface area contributed by atoms with Gasteiger partial charge in [0.1, 0.15) is 10.8 Å². The number of pyridine rings is 1. The van der Waals surface area contributed by atoms with Gasteiger partial charge in [0.05, 0.1) is 5.69 Å². The van der Waals surface area contributed by atoms with E-state index in [4.69, 9.17) is 17.3 Å². The van der Waals surface area contributed by atoms with Crippen molar-refractivity contribution in [3.8, 4) is 0 Å². The Hall–Kier alpha value is -0.610. The average molecular weight is 249 g/mol. The van der Waals surface area contributed by atoms with Crippen molar-refractivity contribution in [3.63, 3.8) is 0 Å². The Morgan fingerprint density at radius 3 is 2.83 bits per heavy atom. The zero-order valence-electron chi connectivity index (χ0n) is 6.27. The van der Waals surface area contributed by atoms with E-state index in [0.29, 0.717) is 10.2 Å². The van der Waals surface area contributed by atoms with Crippen LogP contribution in [-0.4, -0.2) is 10.8 Å². The smallest absolute Gasteiger partial charge is 0.180 e. The lowest BCUT2D eigenvalue weighted by atomic mass is 10.2. The molecule has 12 heavy (non-hydrogen) atoms. The maximum atomic E-state index is 10.9. The number of halogens is 2. The molecule has 0 bridgehead atoms. The van der Waals surface area contributed by atoms with Crippen LogP contribution in [0, 0.1) is 0 Å². The van der Waals surface area contributed by atoms with Crippen LogP contribution in [-0.2, 0) is 0 Å². The fourth-order valence-corrected chi connectivity index (χ4v) is 1.49. The second-order valence-electron chi connectivity index (χ2n) is 2.25. The Labute approximate surface area is 83.1 Å². The summed E-state index contributed by atoms with van der Waals surface area (Å²) in [4.78, 5) is 14.7. The van der Waals surface area contributed by atoms with Gasteiger partial charge >= 0.3 is 0 Å². The number of nitrogens with zero attached hydrogens (tertiary/aromatic N) is 1. The lowest BCUT2D eigenvalue weighted by Gasteiger charge is -2.03. The molecule has 0 amide bonds. The largest absolute Gasteiger partial charge is 0.396 e.